The third-order valence-electron chi connectivity index (χ3n) is 3.02. The molecular weight excluding hydrogens is 228 g/mol. The first-order valence-corrected chi connectivity index (χ1v) is 6.75. The molecule has 0 aromatic carbocycles. The van der Waals surface area contributed by atoms with Crippen LogP contribution in [-0.4, -0.2) is 31.9 Å². The van der Waals surface area contributed by atoms with Crippen LogP contribution in [0.1, 0.15) is 13.3 Å². The van der Waals surface area contributed by atoms with Crippen LogP contribution in [0.3, 0.4) is 0 Å². The van der Waals surface area contributed by atoms with Crippen molar-refractivity contribution in [3.63, 3.8) is 0 Å². The quantitative estimate of drug-likeness (QED) is 0.846. The van der Waals surface area contributed by atoms with E-state index in [4.69, 9.17) is 10.2 Å². The predicted octanol–water partition coefficient (Wildman–Crippen LogP) is 0.637. The molecule has 1 aromatic heterocycles. The van der Waals surface area contributed by atoms with Crippen molar-refractivity contribution in [1.82, 2.24) is 4.31 Å². The smallest absolute Gasteiger partial charge is 0.276 e. The highest BCUT2D eigenvalue weighted by Crippen LogP contribution is 2.25. The largest absolute Gasteiger partial charge is 0.452 e. The molecular formula is C10H16N2O3S. The fourth-order valence-corrected chi connectivity index (χ4v) is 3.35. The number of nitrogens with zero attached hydrogens (tertiary/aromatic N) is 1. The highest BCUT2D eigenvalue weighted by Gasteiger charge is 2.35. The molecule has 0 radical (unpaired) electrons. The zero-order valence-corrected chi connectivity index (χ0v) is 9.98. The summed E-state index contributed by atoms with van der Waals surface area (Å²) in [5.74, 6) is 0.240. The van der Waals surface area contributed by atoms with Crippen LogP contribution in [0, 0.1) is 5.92 Å². The molecule has 0 amide bonds. The van der Waals surface area contributed by atoms with Crippen molar-refractivity contribution in [3.8, 4) is 0 Å². The van der Waals surface area contributed by atoms with Crippen LogP contribution in [0.25, 0.3) is 0 Å². The van der Waals surface area contributed by atoms with Crippen molar-refractivity contribution in [2.75, 3.05) is 13.1 Å². The predicted molar refractivity (Wildman–Crippen MR) is 59.2 cm³/mol. The van der Waals surface area contributed by atoms with Crippen LogP contribution >= 0.6 is 0 Å². The van der Waals surface area contributed by atoms with Gasteiger partial charge in [0.2, 0.25) is 5.09 Å². The molecule has 1 aliphatic heterocycles. The van der Waals surface area contributed by atoms with Gasteiger partial charge < -0.3 is 10.2 Å². The van der Waals surface area contributed by atoms with Gasteiger partial charge in [-0.15, -0.1) is 0 Å². The topological polar surface area (TPSA) is 76.5 Å². The lowest BCUT2D eigenvalue weighted by molar-refractivity contribution is 0.396. The lowest BCUT2D eigenvalue weighted by Crippen LogP contribution is -2.32. The van der Waals surface area contributed by atoms with Gasteiger partial charge in [0.15, 0.2) is 0 Å². The first-order chi connectivity index (χ1) is 7.51. The van der Waals surface area contributed by atoms with Crippen LogP contribution in [0.4, 0.5) is 0 Å². The molecule has 1 aliphatic rings. The van der Waals surface area contributed by atoms with Crippen molar-refractivity contribution in [1.29, 1.82) is 0 Å². The Kier molecular flexibility index (Phi) is 3.05. The fraction of sp³-hybridized carbons (Fsp3) is 0.600. The summed E-state index contributed by atoms with van der Waals surface area (Å²) in [6.07, 6.45) is 2.18. The van der Waals surface area contributed by atoms with Crippen LogP contribution < -0.4 is 5.73 Å². The van der Waals surface area contributed by atoms with E-state index in [-0.39, 0.29) is 17.1 Å². The monoisotopic (exact) mass is 244 g/mol. The SMILES string of the molecule is CC(N)C1CCN(S(=O)(=O)c2ccco2)C1. The molecule has 6 heteroatoms. The van der Waals surface area contributed by atoms with Gasteiger partial charge in [-0.25, -0.2) is 8.42 Å². The highest BCUT2D eigenvalue weighted by molar-refractivity contribution is 7.89. The zero-order valence-electron chi connectivity index (χ0n) is 9.17. The molecule has 1 fully saturated rings. The third kappa shape index (κ3) is 2.00. The van der Waals surface area contributed by atoms with Gasteiger partial charge in [-0.05, 0) is 31.4 Å². The Bertz CT molecular complexity index is 439. The minimum Gasteiger partial charge on any atom is -0.452 e. The van der Waals surface area contributed by atoms with Crippen molar-refractivity contribution in [3.05, 3.63) is 18.4 Å². The summed E-state index contributed by atoms with van der Waals surface area (Å²) < 4.78 is 30.5. The van der Waals surface area contributed by atoms with Crippen molar-refractivity contribution in [2.45, 2.75) is 24.5 Å². The van der Waals surface area contributed by atoms with Gasteiger partial charge in [-0.2, -0.15) is 4.31 Å². The van der Waals surface area contributed by atoms with Gasteiger partial charge in [-0.1, -0.05) is 0 Å². The van der Waals surface area contributed by atoms with Gasteiger partial charge in [0, 0.05) is 19.1 Å². The zero-order chi connectivity index (χ0) is 11.8. The van der Waals surface area contributed by atoms with Crippen molar-refractivity contribution in [2.24, 2.45) is 11.7 Å². The van der Waals surface area contributed by atoms with Crippen LogP contribution in [0.15, 0.2) is 27.9 Å². The molecule has 1 saturated heterocycles. The fourth-order valence-electron chi connectivity index (χ4n) is 1.94. The maximum Gasteiger partial charge on any atom is 0.276 e. The summed E-state index contributed by atoms with van der Waals surface area (Å²) in [6, 6.07) is 3.07. The van der Waals surface area contributed by atoms with Crippen molar-refractivity contribution < 1.29 is 12.8 Å². The lowest BCUT2D eigenvalue weighted by atomic mass is 10.0. The number of rotatable bonds is 3. The van der Waals surface area contributed by atoms with Crippen LogP contribution in [0.5, 0.6) is 0 Å². The van der Waals surface area contributed by atoms with E-state index in [2.05, 4.69) is 0 Å². The molecule has 0 spiro atoms. The van der Waals surface area contributed by atoms with E-state index >= 15 is 0 Å². The third-order valence-corrected chi connectivity index (χ3v) is 4.77. The summed E-state index contributed by atoms with van der Waals surface area (Å²) in [6.45, 7) is 2.92. The summed E-state index contributed by atoms with van der Waals surface area (Å²) in [5, 5.41) is 0.0119. The Hall–Kier alpha value is -0.850. The average Bonchev–Trinajstić information content (AvgIpc) is 2.90. The van der Waals surface area contributed by atoms with E-state index in [0.717, 1.165) is 6.42 Å². The minimum absolute atomic E-state index is 0.0119. The van der Waals surface area contributed by atoms with Crippen molar-refractivity contribution >= 4 is 10.0 Å². The molecule has 90 valence electrons. The summed E-state index contributed by atoms with van der Waals surface area (Å²) in [5.41, 5.74) is 5.78. The molecule has 2 atom stereocenters. The molecule has 2 unspecified atom stereocenters. The van der Waals surface area contributed by atoms with E-state index in [0.29, 0.717) is 13.1 Å². The Morgan fingerprint density at radius 2 is 2.38 bits per heavy atom. The van der Waals surface area contributed by atoms with Gasteiger partial charge in [-0.3, -0.25) is 0 Å². The number of furan rings is 1. The Balaban J connectivity index is 2.16. The first-order valence-electron chi connectivity index (χ1n) is 5.31. The standard InChI is InChI=1S/C10H16N2O3S/c1-8(11)9-4-5-12(7-9)16(13,14)10-3-2-6-15-10/h2-3,6,8-9H,4-5,7,11H2,1H3. The van der Waals surface area contributed by atoms with Crippen LogP contribution in [-0.2, 0) is 10.0 Å². The number of hydrogen-bond donors (Lipinski definition) is 1. The molecule has 2 N–H and O–H groups in total. The normalized spacial score (nSPS) is 24.8. The lowest BCUT2D eigenvalue weighted by Gasteiger charge is -2.16. The van der Waals surface area contributed by atoms with E-state index in [9.17, 15) is 8.42 Å². The summed E-state index contributed by atoms with van der Waals surface area (Å²) in [7, 11) is -3.45. The number of nitrogens with two attached hydrogens (primary N) is 1. The maximum absolute atomic E-state index is 12.1. The van der Waals surface area contributed by atoms with E-state index in [1.165, 1.54) is 16.6 Å². The first kappa shape index (κ1) is 11.6. The second-order valence-electron chi connectivity index (χ2n) is 4.20. The highest BCUT2D eigenvalue weighted by atomic mass is 32.2. The average molecular weight is 244 g/mol. The molecule has 0 aliphatic carbocycles. The van der Waals surface area contributed by atoms with E-state index in [1.807, 2.05) is 6.92 Å². The molecule has 2 heterocycles. The molecule has 1 aromatic rings. The van der Waals surface area contributed by atoms with E-state index < -0.39 is 10.0 Å². The molecule has 0 bridgehead atoms. The van der Waals surface area contributed by atoms with Gasteiger partial charge in [0.25, 0.3) is 10.0 Å². The second-order valence-corrected chi connectivity index (χ2v) is 6.07. The van der Waals surface area contributed by atoms with Gasteiger partial charge in [0.05, 0.1) is 6.26 Å². The Labute approximate surface area is 95.3 Å². The molecule has 16 heavy (non-hydrogen) atoms. The summed E-state index contributed by atoms with van der Waals surface area (Å²) in [4.78, 5) is 0. The molecule has 5 nitrogen and oxygen atoms in total. The molecule has 2 rings (SSSR count). The van der Waals surface area contributed by atoms with E-state index in [1.54, 1.807) is 6.07 Å². The molecule has 0 saturated carbocycles. The minimum atomic E-state index is -3.45. The Morgan fingerprint density at radius 1 is 1.62 bits per heavy atom. The summed E-state index contributed by atoms with van der Waals surface area (Å²) >= 11 is 0. The Morgan fingerprint density at radius 3 is 2.88 bits per heavy atom. The van der Waals surface area contributed by atoms with Gasteiger partial charge in [0.1, 0.15) is 0 Å². The van der Waals surface area contributed by atoms with Gasteiger partial charge >= 0.3 is 0 Å². The second kappa shape index (κ2) is 4.20. The maximum atomic E-state index is 12.1. The number of sulfonamides is 1. The van der Waals surface area contributed by atoms with Crippen LogP contribution in [0.2, 0.25) is 0 Å². The number of hydrogen-bond acceptors (Lipinski definition) is 4.